The number of fused-ring (bicyclic) bond motifs is 1. The fourth-order valence-corrected chi connectivity index (χ4v) is 3.22. The summed E-state index contributed by atoms with van der Waals surface area (Å²) in [5.41, 5.74) is 1.51. The Morgan fingerprint density at radius 1 is 1.29 bits per heavy atom. The molecule has 0 atom stereocenters. The van der Waals surface area contributed by atoms with E-state index in [1.54, 1.807) is 17.6 Å². The van der Waals surface area contributed by atoms with Crippen LogP contribution in [0.5, 0.6) is 0 Å². The first-order valence-electron chi connectivity index (χ1n) is 6.25. The number of hydrogen-bond donors (Lipinski definition) is 0. The van der Waals surface area contributed by atoms with Gasteiger partial charge in [-0.2, -0.15) is 4.09 Å². The van der Waals surface area contributed by atoms with Crippen LogP contribution in [0.2, 0.25) is 0 Å². The minimum absolute atomic E-state index is 0.132. The van der Waals surface area contributed by atoms with Crippen LogP contribution >= 0.6 is 23.1 Å². The molecule has 0 aliphatic heterocycles. The fourth-order valence-electron chi connectivity index (χ4n) is 2.11. The Morgan fingerprint density at radius 2 is 2.05 bits per heavy atom. The molecule has 0 spiro atoms. The van der Waals surface area contributed by atoms with Gasteiger partial charge in [0.05, 0.1) is 16.6 Å². The van der Waals surface area contributed by atoms with E-state index in [0.29, 0.717) is 9.09 Å². The Balaban J connectivity index is 2.51. The Kier molecular flexibility index (Phi) is 3.38. The van der Waals surface area contributed by atoms with E-state index in [-0.39, 0.29) is 17.0 Å². The smallest absolute Gasteiger partial charge is 0.267 e. The molecule has 0 saturated heterocycles. The lowest BCUT2D eigenvalue weighted by atomic mass is 10.1. The highest BCUT2D eigenvalue weighted by molar-refractivity contribution is 7.12. The second-order valence-electron chi connectivity index (χ2n) is 4.78. The van der Waals surface area contributed by atoms with Crippen molar-refractivity contribution in [3.63, 3.8) is 0 Å². The van der Waals surface area contributed by atoms with Crippen LogP contribution in [0.15, 0.2) is 33.4 Å². The number of halogens is 1. The van der Waals surface area contributed by atoms with Crippen molar-refractivity contribution in [2.75, 3.05) is 0 Å². The molecule has 108 valence electrons. The third kappa shape index (κ3) is 2.09. The van der Waals surface area contributed by atoms with Crippen molar-refractivity contribution in [1.29, 1.82) is 0 Å². The summed E-state index contributed by atoms with van der Waals surface area (Å²) in [5, 5.41) is 0.920. The van der Waals surface area contributed by atoms with Crippen LogP contribution in [0.4, 0.5) is 0 Å². The van der Waals surface area contributed by atoms with E-state index in [4.69, 9.17) is 11.8 Å². The van der Waals surface area contributed by atoms with Crippen molar-refractivity contribution in [3.05, 3.63) is 50.4 Å². The van der Waals surface area contributed by atoms with E-state index >= 15 is 0 Å². The van der Waals surface area contributed by atoms with Gasteiger partial charge in [-0.1, -0.05) is 13.8 Å². The number of thiazole rings is 1. The molecule has 0 unspecified atom stereocenters. The van der Waals surface area contributed by atoms with Crippen molar-refractivity contribution in [1.82, 2.24) is 18.6 Å². The van der Waals surface area contributed by atoms with Crippen molar-refractivity contribution in [3.8, 4) is 5.00 Å². The zero-order valence-corrected chi connectivity index (χ0v) is 12.9. The summed E-state index contributed by atoms with van der Waals surface area (Å²) in [5.74, 6) is 0.132. The number of nitrogens with zero attached hydrogens (tertiary/aromatic N) is 4. The van der Waals surface area contributed by atoms with E-state index in [0.717, 1.165) is 5.69 Å². The average molecular weight is 323 g/mol. The number of pyridine rings is 1. The summed E-state index contributed by atoms with van der Waals surface area (Å²) in [6, 6.07) is 3.22. The van der Waals surface area contributed by atoms with Gasteiger partial charge in [0.1, 0.15) is 5.00 Å². The molecule has 0 aliphatic carbocycles. The van der Waals surface area contributed by atoms with Gasteiger partial charge < -0.3 is 0 Å². The maximum absolute atomic E-state index is 12.4. The van der Waals surface area contributed by atoms with Crippen LogP contribution in [-0.2, 0) is 0 Å². The van der Waals surface area contributed by atoms with Crippen molar-refractivity contribution in [2.45, 2.75) is 19.8 Å². The van der Waals surface area contributed by atoms with Gasteiger partial charge in [-0.15, -0.1) is 11.3 Å². The SMILES string of the molecule is CC(C)c1ncsc1-n1c(=O)n(Cl)c(=O)c2cccnc21. The van der Waals surface area contributed by atoms with E-state index in [2.05, 4.69) is 9.97 Å². The van der Waals surface area contributed by atoms with Gasteiger partial charge >= 0.3 is 5.69 Å². The van der Waals surface area contributed by atoms with Gasteiger partial charge in [-0.3, -0.25) is 4.79 Å². The fraction of sp³-hybridized carbons (Fsp3) is 0.231. The maximum atomic E-state index is 12.4. The van der Waals surface area contributed by atoms with E-state index in [9.17, 15) is 9.59 Å². The predicted molar refractivity (Wildman–Crippen MR) is 82.6 cm³/mol. The molecule has 21 heavy (non-hydrogen) atoms. The first-order valence-corrected chi connectivity index (χ1v) is 7.47. The summed E-state index contributed by atoms with van der Waals surface area (Å²) in [6.07, 6.45) is 1.53. The third-order valence-corrected chi connectivity index (χ3v) is 4.22. The molecule has 0 amide bonds. The minimum atomic E-state index is -0.640. The van der Waals surface area contributed by atoms with Gasteiger partial charge in [-0.05, 0) is 18.1 Å². The standard InChI is InChI=1S/C13H11ClN4O2S/c1-7(2)9-12(21-6-16-9)17-10-8(4-3-5-15-10)11(19)18(14)13(17)20/h3-7H,1-2H3. The van der Waals surface area contributed by atoms with E-state index < -0.39 is 11.2 Å². The van der Waals surface area contributed by atoms with Crippen LogP contribution in [0.1, 0.15) is 25.5 Å². The van der Waals surface area contributed by atoms with E-state index in [1.165, 1.54) is 22.1 Å². The molecule has 3 aromatic heterocycles. The molecule has 0 aromatic carbocycles. The van der Waals surface area contributed by atoms with Crippen LogP contribution in [0, 0.1) is 0 Å². The van der Waals surface area contributed by atoms with Crippen molar-refractivity contribution >= 4 is 34.1 Å². The lowest BCUT2D eigenvalue weighted by Crippen LogP contribution is -2.35. The van der Waals surface area contributed by atoms with Crippen LogP contribution in [0.25, 0.3) is 16.0 Å². The molecule has 0 saturated carbocycles. The first kappa shape index (κ1) is 14.0. The zero-order chi connectivity index (χ0) is 15.1. The van der Waals surface area contributed by atoms with Crippen LogP contribution in [-0.4, -0.2) is 18.6 Å². The van der Waals surface area contributed by atoms with Gasteiger partial charge in [0.2, 0.25) is 0 Å². The summed E-state index contributed by atoms with van der Waals surface area (Å²) in [6.45, 7) is 3.96. The molecule has 0 fully saturated rings. The highest BCUT2D eigenvalue weighted by atomic mass is 35.5. The minimum Gasteiger partial charge on any atom is -0.267 e. The second kappa shape index (κ2) is 5.09. The topological polar surface area (TPSA) is 69.8 Å². The maximum Gasteiger partial charge on any atom is 0.353 e. The zero-order valence-electron chi connectivity index (χ0n) is 11.3. The molecule has 3 rings (SSSR count). The quantitative estimate of drug-likeness (QED) is 0.724. The summed E-state index contributed by atoms with van der Waals surface area (Å²) >= 11 is 7.15. The number of aromatic nitrogens is 4. The molecular formula is C13H11ClN4O2S. The molecule has 3 aromatic rings. The number of rotatable bonds is 2. The van der Waals surface area contributed by atoms with Gasteiger partial charge in [0.15, 0.2) is 5.65 Å². The van der Waals surface area contributed by atoms with Crippen LogP contribution in [0.3, 0.4) is 0 Å². The molecule has 0 aliphatic rings. The summed E-state index contributed by atoms with van der Waals surface area (Å²) in [7, 11) is 0. The predicted octanol–water partition coefficient (Wildman–Crippen LogP) is 2.13. The summed E-state index contributed by atoms with van der Waals surface area (Å²) in [4.78, 5) is 32.9. The lowest BCUT2D eigenvalue weighted by molar-refractivity contribution is 0.804. The largest absolute Gasteiger partial charge is 0.353 e. The molecule has 0 radical (unpaired) electrons. The van der Waals surface area contributed by atoms with Crippen LogP contribution < -0.4 is 11.2 Å². The highest BCUT2D eigenvalue weighted by Gasteiger charge is 2.19. The van der Waals surface area contributed by atoms with Gasteiger partial charge in [0, 0.05) is 18.0 Å². The normalized spacial score (nSPS) is 11.4. The van der Waals surface area contributed by atoms with Crippen molar-refractivity contribution < 1.29 is 0 Å². The first-order chi connectivity index (χ1) is 10.0. The monoisotopic (exact) mass is 322 g/mol. The average Bonchev–Trinajstić information content (AvgIpc) is 2.95. The molecule has 8 heteroatoms. The second-order valence-corrected chi connectivity index (χ2v) is 5.95. The third-order valence-electron chi connectivity index (χ3n) is 3.09. The van der Waals surface area contributed by atoms with Gasteiger partial charge in [-0.25, -0.2) is 19.3 Å². The highest BCUT2D eigenvalue weighted by Crippen LogP contribution is 2.26. The van der Waals surface area contributed by atoms with Crippen molar-refractivity contribution in [2.24, 2.45) is 0 Å². The Hall–Kier alpha value is -1.99. The number of hydrogen-bond acceptors (Lipinski definition) is 5. The molecule has 3 heterocycles. The van der Waals surface area contributed by atoms with E-state index in [1.807, 2.05) is 13.8 Å². The Labute approximate surface area is 128 Å². The molecule has 0 bridgehead atoms. The Morgan fingerprint density at radius 3 is 2.76 bits per heavy atom. The molecular weight excluding hydrogens is 312 g/mol. The summed E-state index contributed by atoms with van der Waals surface area (Å²) < 4.78 is 1.92. The Bertz CT molecular complexity index is 941. The molecule has 0 N–H and O–H groups in total. The molecule has 6 nitrogen and oxygen atoms in total. The lowest BCUT2D eigenvalue weighted by Gasteiger charge is -2.11. The van der Waals surface area contributed by atoms with Gasteiger partial charge in [0.25, 0.3) is 5.56 Å².